The Morgan fingerprint density at radius 2 is 1.50 bits per heavy atom. The number of methoxy groups -OCH3 is 1. The topological polar surface area (TPSA) is 266 Å². The van der Waals surface area contributed by atoms with Gasteiger partial charge in [0.25, 0.3) is 5.91 Å². The Kier molecular flexibility index (Phi) is 29.2. The van der Waals surface area contributed by atoms with Crippen molar-refractivity contribution in [2.75, 3.05) is 89.0 Å². The molecule has 9 heterocycles. The minimum absolute atomic E-state index is 0.144. The Balaban J connectivity index is 0.000000133. The van der Waals surface area contributed by atoms with E-state index in [-0.39, 0.29) is 11.4 Å². The van der Waals surface area contributed by atoms with Crippen molar-refractivity contribution in [1.29, 1.82) is 0 Å². The summed E-state index contributed by atoms with van der Waals surface area (Å²) in [6.07, 6.45) is 17.1. The van der Waals surface area contributed by atoms with Crippen LogP contribution in [0.15, 0.2) is 176 Å². The van der Waals surface area contributed by atoms with Crippen molar-refractivity contribution in [3.63, 3.8) is 0 Å². The number of halogens is 1. The summed E-state index contributed by atoms with van der Waals surface area (Å²) in [5.74, 6) is 0.780. The molecule has 5 aliphatic rings. The van der Waals surface area contributed by atoms with Crippen LogP contribution < -0.4 is 35.7 Å². The molecule has 6 N–H and O–H groups in total. The van der Waals surface area contributed by atoms with E-state index in [9.17, 15) is 28.7 Å². The Bertz CT molecular complexity index is 5650. The van der Waals surface area contributed by atoms with Crippen LogP contribution in [-0.2, 0) is 53.2 Å². The van der Waals surface area contributed by atoms with E-state index in [4.69, 9.17) is 17.5 Å². The van der Waals surface area contributed by atoms with Gasteiger partial charge in [0.1, 0.15) is 35.0 Å². The first-order chi connectivity index (χ1) is 57.9. The number of aryl methyl sites for hydroxylation is 6. The standard InChI is InChI=1S/C18H24N2O.C17H23N3.C16H20N2O.C15H12FN3O.C14H17N5O.C12H11NO4.3CH3.Sn/c1-12(2)11-21-13-6-7-17-15(10-13)14-4-3-5-16-18(14)20(17)9-8-19-16;1-12-7-8-16-14(11-12)17(18-9-10-20(2)3)13-5-4-6-15(13)19-16;1-11-7-13(8-12(2)16(11)19)9-18-6-4-15-14(10-18)3-5-17-15;1-10-6-7-14-17-13(9-19(14)8-10)15(20)18-12-5-3-2-4-11(12)16;1-19(2)12-6-4-11(5-7-12)9-17-18-13-8-14(20-3)16-10-15-13;1-12(2,11(16)17)13-9(14)7-5-3-4-6-8(7)10(13)15;;;;/h6-7,10,12,16,19H,3-5,8-9,11H2,1-2H3;7-8,11H,4-6,9-10H2,1-3H3,(H,18,19);3,5,7-8,17,19H,4,6,9-10H2,1-2H3;2-9H,1H3,(H,18,20);4-10H,1-3H3,(H,15,16,18);3-6H,1-2H3,(H,16,17);3*1H3;/q;;;;;;;;;+1/p-1/b;;;;17-9+;;;;;. The molecule has 0 fully saturated rings. The number of ether oxygens (including phenoxy) is 2. The average Bonchev–Trinajstić information content (AvgIpc) is 1.59. The van der Waals surface area contributed by atoms with E-state index < -0.39 is 53.8 Å². The van der Waals surface area contributed by atoms with Gasteiger partial charge in [0.2, 0.25) is 5.88 Å². The molecule has 634 valence electrons. The Hall–Kier alpha value is -11.5. The third-order valence-corrected chi connectivity index (χ3v) is 23.9. The Morgan fingerprint density at radius 3 is 2.21 bits per heavy atom. The number of rotatable bonds is 19. The van der Waals surface area contributed by atoms with Crippen molar-refractivity contribution in [1.82, 2.24) is 53.9 Å². The predicted octanol–water partition coefficient (Wildman–Crippen LogP) is 17.0. The molecule has 6 aromatic heterocycles. The zero-order valence-corrected chi connectivity index (χ0v) is 75.5. The molecule has 2 aliphatic carbocycles. The number of nitrogens with zero attached hydrogens (tertiary/aromatic N) is 11. The first-order valence-electron chi connectivity index (χ1n) is 41.5. The van der Waals surface area contributed by atoms with Gasteiger partial charge in [0, 0.05) is 142 Å². The number of pyridine rings is 2. The van der Waals surface area contributed by atoms with Crippen LogP contribution in [0.2, 0.25) is 14.8 Å². The van der Waals surface area contributed by atoms with Crippen LogP contribution >= 0.6 is 0 Å². The molecule has 1 unspecified atom stereocenters. The Labute approximate surface area is 713 Å². The number of hydrazone groups is 1. The summed E-state index contributed by atoms with van der Waals surface area (Å²) in [6.45, 7) is 23.6. The predicted molar refractivity (Wildman–Crippen MR) is 483 cm³/mol. The van der Waals surface area contributed by atoms with Gasteiger partial charge in [0.05, 0.1) is 31.1 Å². The summed E-state index contributed by atoms with van der Waals surface area (Å²) in [7, 11) is 9.80. The number of benzene rings is 6. The number of aromatic nitrogens is 7. The number of phenolic OH excluding ortho intramolecular Hbond substituents is 1. The third kappa shape index (κ3) is 22.4. The number of H-pyrrole nitrogens is 1. The molecular formula is C95H115FN16O8Sn. The number of para-hydroxylation sites is 1. The minimum Gasteiger partial charge on any atom is -0.507 e. The molecule has 12 aromatic rings. The number of imide groups is 1. The van der Waals surface area contributed by atoms with Crippen molar-refractivity contribution in [2.24, 2.45) is 11.0 Å². The van der Waals surface area contributed by atoms with Crippen LogP contribution in [0.4, 0.5) is 27.3 Å². The summed E-state index contributed by atoms with van der Waals surface area (Å²) < 4.78 is 34.3. The first-order valence-corrected chi connectivity index (χ1v) is 51.3. The molecule has 6 aromatic carbocycles. The number of imidazole rings is 1. The summed E-state index contributed by atoms with van der Waals surface area (Å²) in [5.41, 5.74) is 23.5. The molecule has 1 atom stereocenters. The number of amides is 3. The molecular weight excluding hydrogens is 1630 g/mol. The second-order valence-corrected chi connectivity index (χ2v) is 46.4. The molecule has 0 bridgehead atoms. The second-order valence-electron chi connectivity index (χ2n) is 33.7. The van der Waals surface area contributed by atoms with Gasteiger partial charge >= 0.3 is 129 Å². The molecule has 3 aliphatic heterocycles. The van der Waals surface area contributed by atoms with Crippen molar-refractivity contribution in [2.45, 2.75) is 146 Å². The van der Waals surface area contributed by atoms with Gasteiger partial charge in [-0.2, -0.15) is 5.10 Å². The maximum atomic E-state index is 13.5. The summed E-state index contributed by atoms with van der Waals surface area (Å²) in [6, 6.07) is 46.3. The van der Waals surface area contributed by atoms with Crippen LogP contribution in [0.5, 0.6) is 17.4 Å². The molecule has 26 heteroatoms. The number of anilines is 4. The maximum Gasteiger partial charge on any atom is 0.275 e. The SMILES string of the molecule is CC(C)(C(=O)[O][Sn]([CH3])([CH3])[CH3])N1C(=O)c2ccccc2C1=O.CC(C)COc1ccc2c(c1)c1c3n2CCNC3CCC1.COc1cc(N/N=C/c2ccc(N(C)C)cc2)ncn1.Cc1cc(CN2CCc3[nH]ccc3C2)cc(C)c1O.Cc1ccc2nc(C(=O)Nc3ccccc3F)cn2c1.Cc1ccc2nc3c(c(NCCN(C)C)c2c1)CCC3. The molecule has 0 spiro atoms. The molecule has 3 amide bonds. The van der Waals surface area contributed by atoms with E-state index in [0.29, 0.717) is 46.2 Å². The quantitative estimate of drug-likeness (QED) is 0.0190. The molecule has 121 heavy (non-hydrogen) atoms. The van der Waals surface area contributed by atoms with Crippen molar-refractivity contribution in [3.05, 3.63) is 260 Å². The normalized spacial score (nSPS) is 14.5. The minimum atomic E-state index is -2.83. The number of hydrogen-bond acceptors (Lipinski definition) is 19. The van der Waals surface area contributed by atoms with Crippen molar-refractivity contribution >= 4 is 99.0 Å². The third-order valence-electron chi connectivity index (χ3n) is 21.6. The van der Waals surface area contributed by atoms with E-state index in [1.54, 1.807) is 91.5 Å². The van der Waals surface area contributed by atoms with Gasteiger partial charge in [-0.05, 0) is 197 Å². The monoisotopic (exact) mass is 1750 g/mol. The smallest absolute Gasteiger partial charge is 0.275 e. The fourth-order valence-electron chi connectivity index (χ4n) is 15.5. The zero-order valence-electron chi connectivity index (χ0n) is 72.6. The van der Waals surface area contributed by atoms with Gasteiger partial charge in [-0.15, -0.1) is 0 Å². The van der Waals surface area contributed by atoms with Gasteiger partial charge in [-0.1, -0.05) is 67.9 Å². The van der Waals surface area contributed by atoms with Crippen LogP contribution in [0, 0.1) is 39.4 Å². The van der Waals surface area contributed by atoms with Gasteiger partial charge in [-0.3, -0.25) is 20.1 Å². The maximum absolute atomic E-state index is 13.5. The molecule has 0 saturated carbocycles. The molecule has 17 rings (SSSR count). The van der Waals surface area contributed by atoms with E-state index in [1.165, 1.54) is 99.8 Å². The zero-order chi connectivity index (χ0) is 86.4. The number of phenols is 1. The van der Waals surface area contributed by atoms with E-state index in [2.05, 4.69) is 150 Å². The average molecular weight is 1750 g/mol. The number of hydrogen-bond donors (Lipinski definition) is 6. The summed E-state index contributed by atoms with van der Waals surface area (Å²) in [5, 5.41) is 26.5. The van der Waals surface area contributed by atoms with Crippen molar-refractivity contribution < 1.29 is 41.2 Å². The number of aromatic hydroxyl groups is 1. The molecule has 24 nitrogen and oxygen atoms in total. The van der Waals surface area contributed by atoms with Crippen LogP contribution in [0.25, 0.3) is 27.5 Å². The van der Waals surface area contributed by atoms with Crippen LogP contribution in [0.3, 0.4) is 0 Å². The largest absolute Gasteiger partial charge is 0.507 e. The van der Waals surface area contributed by atoms with Crippen molar-refractivity contribution in [3.8, 4) is 17.4 Å². The first kappa shape index (κ1) is 88.8. The molecule has 0 radical (unpaired) electrons. The van der Waals surface area contributed by atoms with E-state index in [0.717, 1.165) is 116 Å². The number of carbonyl (C=O) groups excluding carboxylic acids is 4. The van der Waals surface area contributed by atoms with Crippen LogP contribution in [0.1, 0.15) is 151 Å². The number of fused-ring (bicyclic) bond motifs is 8. The summed E-state index contributed by atoms with van der Waals surface area (Å²) in [4.78, 5) is 83.2. The fraction of sp³-hybridized carbons (Fsp3) is 0.358. The fourth-order valence-corrected chi connectivity index (χ4v) is 17.8. The number of aromatic amines is 1. The Morgan fingerprint density at radius 1 is 0.785 bits per heavy atom. The van der Waals surface area contributed by atoms with E-state index in [1.807, 2.05) is 103 Å². The number of carbonyl (C=O) groups is 4. The van der Waals surface area contributed by atoms with Gasteiger partial charge in [0.15, 0.2) is 5.82 Å². The van der Waals surface area contributed by atoms with Gasteiger partial charge < -0.3 is 54.3 Å². The van der Waals surface area contributed by atoms with E-state index >= 15 is 0 Å². The van der Waals surface area contributed by atoms with Gasteiger partial charge in [-0.25, -0.2) is 19.3 Å². The number of nitrogens with one attached hydrogen (secondary N) is 5. The second kappa shape index (κ2) is 39.8. The number of likely N-dealkylation sites (N-methyl/N-ethyl adjacent to an activating group) is 1. The molecule has 0 saturated heterocycles. The summed E-state index contributed by atoms with van der Waals surface area (Å²) >= 11 is -2.83. The van der Waals surface area contributed by atoms with Crippen LogP contribution in [-0.4, -0.2) is 176 Å².